The number of ether oxygens (including phenoxy) is 2. The second-order valence-corrected chi connectivity index (χ2v) is 5.66. The number of rotatable bonds is 8. The smallest absolute Gasteiger partial charge is 0.214 e. The highest BCUT2D eigenvalue weighted by atomic mass is 16.5. The van der Waals surface area contributed by atoms with Crippen molar-refractivity contribution in [3.8, 4) is 5.88 Å². The molecule has 0 radical (unpaired) electrons. The van der Waals surface area contributed by atoms with Crippen LogP contribution < -0.4 is 10.1 Å². The highest BCUT2D eigenvalue weighted by Crippen LogP contribution is 2.19. The number of hydrogen-bond acceptors (Lipinski definition) is 4. The minimum absolute atomic E-state index is 0.250. The lowest BCUT2D eigenvalue weighted by Gasteiger charge is -2.23. The number of aryl methyl sites for hydroxylation is 1. The second-order valence-electron chi connectivity index (χ2n) is 5.66. The van der Waals surface area contributed by atoms with E-state index in [-0.39, 0.29) is 6.10 Å². The first-order valence-corrected chi connectivity index (χ1v) is 8.26. The summed E-state index contributed by atoms with van der Waals surface area (Å²) in [6.45, 7) is 7.89. The summed E-state index contributed by atoms with van der Waals surface area (Å²) in [6.07, 6.45) is 5.44. The zero-order chi connectivity index (χ0) is 14.9. The summed E-state index contributed by atoms with van der Waals surface area (Å²) in [4.78, 5) is 4.65. The molecule has 1 N–H and O–H groups in total. The molecule has 0 saturated carbocycles. The maximum atomic E-state index is 6.07. The van der Waals surface area contributed by atoms with Crippen molar-refractivity contribution in [1.29, 1.82) is 0 Å². The normalized spacial score (nSPS) is 16.1. The Bertz CT molecular complexity index is 417. The van der Waals surface area contributed by atoms with E-state index in [0.29, 0.717) is 0 Å². The summed E-state index contributed by atoms with van der Waals surface area (Å²) < 4.78 is 11.4. The Labute approximate surface area is 128 Å². The number of nitrogens with one attached hydrogen (secondary N) is 1. The molecule has 1 aliphatic rings. The summed E-state index contributed by atoms with van der Waals surface area (Å²) in [5, 5.41) is 3.45. The second kappa shape index (κ2) is 9.00. The molecule has 1 fully saturated rings. The van der Waals surface area contributed by atoms with Crippen LogP contribution in [0.2, 0.25) is 0 Å². The van der Waals surface area contributed by atoms with Gasteiger partial charge in [-0.3, -0.25) is 0 Å². The van der Waals surface area contributed by atoms with Gasteiger partial charge >= 0.3 is 0 Å². The van der Waals surface area contributed by atoms with Crippen LogP contribution in [0.4, 0.5) is 0 Å². The predicted octanol–water partition coefficient (Wildman–Crippen LogP) is 3.09. The third-order valence-electron chi connectivity index (χ3n) is 3.63. The van der Waals surface area contributed by atoms with E-state index in [0.717, 1.165) is 70.0 Å². The van der Waals surface area contributed by atoms with Gasteiger partial charge in [0.2, 0.25) is 5.88 Å². The van der Waals surface area contributed by atoms with Crippen molar-refractivity contribution < 1.29 is 9.47 Å². The average molecular weight is 292 g/mol. The lowest BCUT2D eigenvalue weighted by Crippen LogP contribution is -2.26. The van der Waals surface area contributed by atoms with Gasteiger partial charge in [0.15, 0.2) is 0 Å². The topological polar surface area (TPSA) is 43.4 Å². The molecular formula is C17H28N2O2. The van der Waals surface area contributed by atoms with Gasteiger partial charge in [-0.05, 0) is 31.0 Å². The molecule has 2 heterocycles. The Morgan fingerprint density at radius 3 is 2.76 bits per heavy atom. The molecule has 1 aromatic rings. The summed E-state index contributed by atoms with van der Waals surface area (Å²) in [5.41, 5.74) is 2.40. The van der Waals surface area contributed by atoms with Crippen LogP contribution in [-0.4, -0.2) is 30.8 Å². The van der Waals surface area contributed by atoms with Crippen molar-refractivity contribution in [2.75, 3.05) is 19.8 Å². The maximum absolute atomic E-state index is 6.07. The third-order valence-corrected chi connectivity index (χ3v) is 3.63. The first kappa shape index (κ1) is 16.2. The zero-order valence-corrected chi connectivity index (χ0v) is 13.4. The van der Waals surface area contributed by atoms with E-state index < -0.39 is 0 Å². The van der Waals surface area contributed by atoms with E-state index in [9.17, 15) is 0 Å². The van der Waals surface area contributed by atoms with Gasteiger partial charge in [-0.15, -0.1) is 0 Å². The molecule has 21 heavy (non-hydrogen) atoms. The highest BCUT2D eigenvalue weighted by Gasteiger charge is 2.16. The van der Waals surface area contributed by atoms with Gasteiger partial charge in [0.1, 0.15) is 6.10 Å². The maximum Gasteiger partial charge on any atom is 0.214 e. The number of pyridine rings is 1. The summed E-state index contributed by atoms with van der Waals surface area (Å²) in [5.74, 6) is 0.779. The van der Waals surface area contributed by atoms with E-state index in [1.807, 2.05) is 0 Å². The minimum Gasteiger partial charge on any atom is -0.474 e. The Balaban J connectivity index is 2.02. The molecule has 4 heteroatoms. The monoisotopic (exact) mass is 292 g/mol. The van der Waals surface area contributed by atoms with Crippen molar-refractivity contribution in [1.82, 2.24) is 10.3 Å². The van der Waals surface area contributed by atoms with Crippen LogP contribution in [0.1, 0.15) is 50.8 Å². The number of nitrogens with zero attached hydrogens (tertiary/aromatic N) is 1. The van der Waals surface area contributed by atoms with Gasteiger partial charge in [-0.25, -0.2) is 4.98 Å². The first-order chi connectivity index (χ1) is 10.3. The fourth-order valence-corrected chi connectivity index (χ4v) is 2.54. The van der Waals surface area contributed by atoms with Crippen LogP contribution in [-0.2, 0) is 17.7 Å². The van der Waals surface area contributed by atoms with E-state index in [1.54, 1.807) is 0 Å². The van der Waals surface area contributed by atoms with Crippen LogP contribution in [0.5, 0.6) is 5.88 Å². The van der Waals surface area contributed by atoms with Gasteiger partial charge in [0.05, 0.1) is 13.2 Å². The number of hydrogen-bond donors (Lipinski definition) is 1. The van der Waals surface area contributed by atoms with Crippen molar-refractivity contribution in [2.24, 2.45) is 0 Å². The molecule has 0 amide bonds. The molecule has 2 rings (SSSR count). The molecule has 0 unspecified atom stereocenters. The molecule has 118 valence electrons. The molecule has 1 aromatic heterocycles. The van der Waals surface area contributed by atoms with Crippen LogP contribution in [0, 0.1) is 0 Å². The molecule has 1 aliphatic heterocycles. The molecule has 0 bridgehead atoms. The minimum atomic E-state index is 0.250. The largest absolute Gasteiger partial charge is 0.474 e. The standard InChI is InChI=1S/C17H28N2O2/c1-3-5-15-11-14(13-18-8-4-2)12-17(19-15)21-16-6-9-20-10-7-16/h11-12,16,18H,3-10,13H2,1-2H3. The van der Waals surface area contributed by atoms with Crippen molar-refractivity contribution >= 4 is 0 Å². The average Bonchev–Trinajstić information content (AvgIpc) is 2.49. The molecule has 4 nitrogen and oxygen atoms in total. The van der Waals surface area contributed by atoms with Crippen molar-refractivity contribution in [3.63, 3.8) is 0 Å². The fraction of sp³-hybridized carbons (Fsp3) is 0.706. The molecule has 0 atom stereocenters. The SMILES string of the molecule is CCCNCc1cc(CCC)nc(OC2CCOCC2)c1. The molecule has 1 saturated heterocycles. The van der Waals surface area contributed by atoms with Gasteiger partial charge < -0.3 is 14.8 Å². The fourth-order valence-electron chi connectivity index (χ4n) is 2.54. The number of aromatic nitrogens is 1. The van der Waals surface area contributed by atoms with Crippen LogP contribution in [0.3, 0.4) is 0 Å². The first-order valence-electron chi connectivity index (χ1n) is 8.26. The molecule has 0 spiro atoms. The van der Waals surface area contributed by atoms with Crippen LogP contribution in [0.25, 0.3) is 0 Å². The Kier molecular flexibility index (Phi) is 6.96. The predicted molar refractivity (Wildman–Crippen MR) is 84.7 cm³/mol. The van der Waals surface area contributed by atoms with E-state index in [2.05, 4.69) is 36.3 Å². The van der Waals surface area contributed by atoms with E-state index in [4.69, 9.17) is 9.47 Å². The van der Waals surface area contributed by atoms with Crippen LogP contribution >= 0.6 is 0 Å². The Morgan fingerprint density at radius 2 is 2.05 bits per heavy atom. The van der Waals surface area contributed by atoms with Crippen molar-refractivity contribution in [2.45, 2.75) is 58.6 Å². The van der Waals surface area contributed by atoms with Crippen molar-refractivity contribution in [3.05, 3.63) is 23.4 Å². The lowest BCUT2D eigenvalue weighted by molar-refractivity contribution is 0.0236. The lowest BCUT2D eigenvalue weighted by atomic mass is 10.1. The van der Waals surface area contributed by atoms with Gasteiger partial charge in [0, 0.05) is 31.1 Å². The van der Waals surface area contributed by atoms with Gasteiger partial charge in [0.25, 0.3) is 0 Å². The van der Waals surface area contributed by atoms with E-state index >= 15 is 0 Å². The van der Waals surface area contributed by atoms with Gasteiger partial charge in [-0.1, -0.05) is 20.3 Å². The summed E-state index contributed by atoms with van der Waals surface area (Å²) >= 11 is 0. The Hall–Kier alpha value is -1.13. The van der Waals surface area contributed by atoms with E-state index in [1.165, 1.54) is 5.56 Å². The summed E-state index contributed by atoms with van der Waals surface area (Å²) in [7, 11) is 0. The molecule has 0 aromatic carbocycles. The highest BCUT2D eigenvalue weighted by molar-refractivity contribution is 5.25. The Morgan fingerprint density at radius 1 is 1.24 bits per heavy atom. The van der Waals surface area contributed by atoms with Gasteiger partial charge in [-0.2, -0.15) is 0 Å². The quantitative estimate of drug-likeness (QED) is 0.748. The molecular weight excluding hydrogens is 264 g/mol. The molecule has 0 aliphatic carbocycles. The summed E-state index contributed by atoms with van der Waals surface area (Å²) in [6, 6.07) is 4.28. The van der Waals surface area contributed by atoms with Crippen LogP contribution in [0.15, 0.2) is 12.1 Å². The third kappa shape index (κ3) is 5.64. The zero-order valence-electron chi connectivity index (χ0n) is 13.4.